The van der Waals surface area contributed by atoms with Crippen molar-refractivity contribution in [3.63, 3.8) is 0 Å². The van der Waals surface area contributed by atoms with Crippen LogP contribution in [0.4, 0.5) is 5.69 Å². The maximum atomic E-state index is 13.1. The monoisotopic (exact) mass is 455 g/mol. The average Bonchev–Trinajstić information content (AvgIpc) is 3.35. The van der Waals surface area contributed by atoms with E-state index in [-0.39, 0.29) is 17.2 Å². The molecule has 160 valence electrons. The number of benzene rings is 1. The van der Waals surface area contributed by atoms with Gasteiger partial charge in [-0.3, -0.25) is 14.2 Å². The average molecular weight is 456 g/mol. The van der Waals surface area contributed by atoms with Crippen molar-refractivity contribution in [3.05, 3.63) is 63.3 Å². The quantitative estimate of drug-likeness (QED) is 0.253. The Balaban J connectivity index is 1.51. The predicted molar refractivity (Wildman–Crippen MR) is 123 cm³/mol. The number of aromatic nitrogens is 2. The number of anilines is 1. The van der Waals surface area contributed by atoms with E-state index in [4.69, 9.17) is 4.98 Å². The molecule has 9 heteroatoms. The molecule has 0 atom stereocenters. The molecule has 0 spiro atoms. The van der Waals surface area contributed by atoms with E-state index in [9.17, 15) is 14.4 Å². The number of nitrogens with one attached hydrogen (secondary N) is 1. The van der Waals surface area contributed by atoms with Crippen molar-refractivity contribution in [2.45, 2.75) is 31.0 Å². The summed E-state index contributed by atoms with van der Waals surface area (Å²) in [5, 5.41) is 4.02. The molecule has 7 nitrogen and oxygen atoms in total. The zero-order chi connectivity index (χ0) is 22.0. The van der Waals surface area contributed by atoms with E-state index in [1.54, 1.807) is 46.2 Å². The molecule has 0 saturated heterocycles. The molecular weight excluding hydrogens is 434 g/mol. The number of esters is 1. The van der Waals surface area contributed by atoms with Crippen molar-refractivity contribution in [1.29, 1.82) is 0 Å². The lowest BCUT2D eigenvalue weighted by Crippen LogP contribution is -2.24. The van der Waals surface area contributed by atoms with Crippen LogP contribution < -0.4 is 10.9 Å². The molecule has 2 heterocycles. The van der Waals surface area contributed by atoms with Gasteiger partial charge in [-0.05, 0) is 49.1 Å². The van der Waals surface area contributed by atoms with E-state index in [0.717, 1.165) is 35.0 Å². The van der Waals surface area contributed by atoms with Crippen LogP contribution in [-0.4, -0.2) is 34.3 Å². The Kier molecular flexibility index (Phi) is 6.24. The Morgan fingerprint density at radius 1 is 1.32 bits per heavy atom. The molecule has 2 aromatic heterocycles. The van der Waals surface area contributed by atoms with Crippen molar-refractivity contribution in [2.24, 2.45) is 0 Å². The maximum Gasteiger partial charge on any atom is 0.337 e. The van der Waals surface area contributed by atoms with Crippen molar-refractivity contribution < 1.29 is 14.3 Å². The fraction of sp³-hybridized carbons (Fsp3) is 0.273. The molecule has 0 radical (unpaired) electrons. The summed E-state index contributed by atoms with van der Waals surface area (Å²) < 4.78 is 6.25. The Morgan fingerprint density at radius 2 is 2.10 bits per heavy atom. The Bertz CT molecular complexity index is 1230. The van der Waals surface area contributed by atoms with Gasteiger partial charge in [0.15, 0.2) is 5.16 Å². The van der Waals surface area contributed by atoms with Crippen molar-refractivity contribution in [2.75, 3.05) is 18.2 Å². The number of nitrogens with zero attached hydrogens (tertiary/aromatic N) is 2. The molecular formula is C22H21N3O4S2. The first-order valence-electron chi connectivity index (χ1n) is 9.78. The molecule has 0 aliphatic heterocycles. The number of thioether (sulfide) groups is 1. The Morgan fingerprint density at radius 3 is 2.81 bits per heavy atom. The first-order chi connectivity index (χ1) is 15.0. The van der Waals surface area contributed by atoms with Gasteiger partial charge in [-0.15, -0.1) is 17.9 Å². The zero-order valence-corrected chi connectivity index (χ0v) is 18.6. The maximum absolute atomic E-state index is 13.1. The first kappa shape index (κ1) is 21.3. The number of hydrogen-bond acceptors (Lipinski definition) is 7. The summed E-state index contributed by atoms with van der Waals surface area (Å²) in [6, 6.07) is 6.45. The third-order valence-electron chi connectivity index (χ3n) is 5.02. The van der Waals surface area contributed by atoms with Crippen LogP contribution in [0, 0.1) is 0 Å². The highest BCUT2D eigenvalue weighted by molar-refractivity contribution is 7.99. The number of allylic oxidation sites excluding steroid dienone is 1. The number of carbonyl (C=O) groups excluding carboxylic acids is 2. The summed E-state index contributed by atoms with van der Waals surface area (Å²) in [6.07, 6.45) is 4.66. The summed E-state index contributed by atoms with van der Waals surface area (Å²) in [5.74, 6) is -0.572. The summed E-state index contributed by atoms with van der Waals surface area (Å²) in [4.78, 5) is 43.8. The number of thiophene rings is 1. The van der Waals surface area contributed by atoms with Crippen LogP contribution in [0.3, 0.4) is 0 Å². The van der Waals surface area contributed by atoms with Gasteiger partial charge in [0.2, 0.25) is 5.91 Å². The number of carbonyl (C=O) groups is 2. The second-order valence-corrected chi connectivity index (χ2v) is 9.07. The van der Waals surface area contributed by atoms with Gasteiger partial charge >= 0.3 is 5.97 Å². The topological polar surface area (TPSA) is 90.3 Å². The standard InChI is InChI=1S/C22H21N3O4S2/c1-3-11-25-20(27)18-15-5-4-6-16(15)31-19(18)24-22(25)30-12-17(26)23-14-9-7-13(8-10-14)21(28)29-2/h3,7-10H,1,4-6,11-12H2,2H3,(H,23,26). The van der Waals surface area contributed by atoms with E-state index in [1.165, 1.54) is 23.7 Å². The molecule has 1 amide bonds. The van der Waals surface area contributed by atoms with Crippen LogP contribution >= 0.6 is 23.1 Å². The van der Waals surface area contributed by atoms with E-state index >= 15 is 0 Å². The summed E-state index contributed by atoms with van der Waals surface area (Å²) in [6.45, 7) is 4.09. The van der Waals surface area contributed by atoms with E-state index < -0.39 is 5.97 Å². The third kappa shape index (κ3) is 4.28. The second-order valence-electron chi connectivity index (χ2n) is 7.04. The van der Waals surface area contributed by atoms with Crippen molar-refractivity contribution in [3.8, 4) is 0 Å². The van der Waals surface area contributed by atoms with Gasteiger partial charge in [-0.25, -0.2) is 9.78 Å². The molecule has 0 fully saturated rings. The Labute approximate surface area is 187 Å². The third-order valence-corrected chi connectivity index (χ3v) is 7.19. The minimum atomic E-state index is -0.436. The normalized spacial score (nSPS) is 12.5. The molecule has 0 saturated carbocycles. The van der Waals surface area contributed by atoms with E-state index in [0.29, 0.717) is 23.0 Å². The van der Waals surface area contributed by atoms with Crippen LogP contribution in [0.15, 0.2) is 46.9 Å². The summed E-state index contributed by atoms with van der Waals surface area (Å²) in [5.41, 5.74) is 2.05. The Hall–Kier alpha value is -2.91. The van der Waals surface area contributed by atoms with Crippen LogP contribution in [0.2, 0.25) is 0 Å². The molecule has 0 unspecified atom stereocenters. The molecule has 4 rings (SSSR count). The van der Waals surface area contributed by atoms with Gasteiger partial charge in [0, 0.05) is 17.1 Å². The van der Waals surface area contributed by atoms with E-state index in [2.05, 4.69) is 16.6 Å². The van der Waals surface area contributed by atoms with E-state index in [1.807, 2.05) is 0 Å². The number of hydrogen-bond donors (Lipinski definition) is 1. The van der Waals surface area contributed by atoms with Crippen LogP contribution in [0.25, 0.3) is 10.2 Å². The number of aryl methyl sites for hydroxylation is 2. The molecule has 0 bridgehead atoms. The summed E-state index contributed by atoms with van der Waals surface area (Å²) in [7, 11) is 1.32. The van der Waals surface area contributed by atoms with Gasteiger partial charge in [-0.2, -0.15) is 0 Å². The van der Waals surface area contributed by atoms with Crippen molar-refractivity contribution >= 4 is 50.9 Å². The van der Waals surface area contributed by atoms with Crippen LogP contribution in [-0.2, 0) is 28.9 Å². The first-order valence-corrected chi connectivity index (χ1v) is 11.6. The van der Waals surface area contributed by atoms with Crippen LogP contribution in [0.1, 0.15) is 27.2 Å². The highest BCUT2D eigenvalue weighted by Crippen LogP contribution is 2.35. The SMILES string of the molecule is C=CCn1c(SCC(=O)Nc2ccc(C(=O)OC)cc2)nc2sc3c(c2c1=O)CCC3. The van der Waals surface area contributed by atoms with Gasteiger partial charge in [-0.1, -0.05) is 17.8 Å². The number of rotatable bonds is 7. The molecule has 1 aromatic carbocycles. The lowest BCUT2D eigenvalue weighted by molar-refractivity contribution is -0.113. The largest absolute Gasteiger partial charge is 0.465 e. The molecule has 1 aliphatic rings. The number of fused-ring (bicyclic) bond motifs is 3. The highest BCUT2D eigenvalue weighted by atomic mass is 32.2. The smallest absolute Gasteiger partial charge is 0.337 e. The van der Waals surface area contributed by atoms with Gasteiger partial charge < -0.3 is 10.1 Å². The minimum absolute atomic E-state index is 0.0643. The number of ether oxygens (including phenoxy) is 1. The number of amides is 1. The van der Waals surface area contributed by atoms with Crippen LogP contribution in [0.5, 0.6) is 0 Å². The summed E-state index contributed by atoms with van der Waals surface area (Å²) >= 11 is 2.80. The minimum Gasteiger partial charge on any atom is -0.465 e. The van der Waals surface area contributed by atoms with Gasteiger partial charge in [0.25, 0.3) is 5.56 Å². The molecule has 31 heavy (non-hydrogen) atoms. The predicted octanol–water partition coefficient (Wildman–Crippen LogP) is 3.65. The second kappa shape index (κ2) is 9.07. The van der Waals surface area contributed by atoms with Gasteiger partial charge in [0.05, 0.1) is 23.8 Å². The van der Waals surface area contributed by atoms with Gasteiger partial charge in [0.1, 0.15) is 4.83 Å². The fourth-order valence-corrected chi connectivity index (χ4v) is 5.70. The lowest BCUT2D eigenvalue weighted by atomic mass is 10.2. The lowest BCUT2D eigenvalue weighted by Gasteiger charge is -2.11. The van der Waals surface area contributed by atoms with Crippen molar-refractivity contribution in [1.82, 2.24) is 9.55 Å². The molecule has 3 aromatic rings. The molecule has 1 N–H and O–H groups in total. The number of methoxy groups -OCH3 is 1. The molecule has 1 aliphatic carbocycles. The zero-order valence-electron chi connectivity index (χ0n) is 17.0. The fourth-order valence-electron chi connectivity index (χ4n) is 3.59. The highest BCUT2D eigenvalue weighted by Gasteiger charge is 2.23.